The van der Waals surface area contributed by atoms with Gasteiger partial charge < -0.3 is 15.2 Å². The lowest BCUT2D eigenvalue weighted by atomic mass is 9.98. The number of primary amides is 1. The molecule has 1 amide bonds. The van der Waals surface area contributed by atoms with Crippen molar-refractivity contribution in [1.29, 1.82) is 0 Å². The van der Waals surface area contributed by atoms with Gasteiger partial charge in [0.15, 0.2) is 14.6 Å². The Hall–Kier alpha value is -2.38. The van der Waals surface area contributed by atoms with Crippen LogP contribution in [-0.4, -0.2) is 38.9 Å². The smallest absolute Gasteiger partial charge is 0.239 e. The minimum atomic E-state index is -3.93. The lowest BCUT2D eigenvalue weighted by Crippen LogP contribution is -2.53. The van der Waals surface area contributed by atoms with E-state index in [0.29, 0.717) is 18.3 Å². The Morgan fingerprint density at radius 1 is 1.06 bits per heavy atom. The fourth-order valence-corrected chi connectivity index (χ4v) is 6.07. The molecule has 3 rings (SSSR count). The molecule has 0 aliphatic carbocycles. The number of benzene rings is 2. The van der Waals surface area contributed by atoms with Gasteiger partial charge >= 0.3 is 0 Å². The Kier molecular flexibility index (Phi) is 8.54. The summed E-state index contributed by atoms with van der Waals surface area (Å²) < 4.78 is 35.8. The lowest BCUT2D eigenvalue weighted by molar-refractivity contribution is -0.122. The maximum atomic E-state index is 13.2. The van der Waals surface area contributed by atoms with Gasteiger partial charge in [-0.3, -0.25) is 4.79 Å². The van der Waals surface area contributed by atoms with E-state index in [4.69, 9.17) is 15.2 Å². The van der Waals surface area contributed by atoms with E-state index in [2.05, 4.69) is 38.1 Å². The highest BCUT2D eigenvalue weighted by atomic mass is 32.2. The van der Waals surface area contributed by atoms with Gasteiger partial charge in [0.1, 0.15) is 5.75 Å². The van der Waals surface area contributed by atoms with Crippen molar-refractivity contribution in [3.63, 3.8) is 0 Å². The van der Waals surface area contributed by atoms with Crippen LogP contribution in [0.1, 0.15) is 50.7 Å². The molecular formula is C26H35NO5S. The predicted octanol–water partition coefficient (Wildman–Crippen LogP) is 4.10. The standard InChI is InChI=1S/C26H35NO5S/c1-20(2)8-9-22-6-3-5-21(19-22)7-4-16-32-23-10-12-24(13-11-23)33(29,30)26(25(27)28)14-17-31-18-15-26/h3,5-6,10-13,19-20H,4,7-9,14-18H2,1-2H3,(H2,27,28). The molecule has 33 heavy (non-hydrogen) atoms. The van der Waals surface area contributed by atoms with E-state index in [0.717, 1.165) is 19.3 Å². The van der Waals surface area contributed by atoms with E-state index >= 15 is 0 Å². The molecule has 0 saturated carbocycles. The molecule has 0 aromatic heterocycles. The van der Waals surface area contributed by atoms with Crippen molar-refractivity contribution in [2.24, 2.45) is 11.7 Å². The molecule has 6 nitrogen and oxygen atoms in total. The van der Waals surface area contributed by atoms with E-state index in [1.807, 2.05) is 0 Å². The van der Waals surface area contributed by atoms with Crippen LogP contribution < -0.4 is 10.5 Å². The largest absolute Gasteiger partial charge is 0.494 e. The Balaban J connectivity index is 1.55. The summed E-state index contributed by atoms with van der Waals surface area (Å²) in [6.45, 7) is 5.41. The molecule has 2 aromatic rings. The molecule has 1 aliphatic rings. The number of hydrogen-bond acceptors (Lipinski definition) is 5. The minimum Gasteiger partial charge on any atom is -0.494 e. The zero-order valence-corrected chi connectivity index (χ0v) is 20.4. The third kappa shape index (κ3) is 6.15. The number of carbonyl (C=O) groups is 1. The number of ether oxygens (including phenoxy) is 2. The quantitative estimate of drug-likeness (QED) is 0.496. The maximum Gasteiger partial charge on any atom is 0.239 e. The lowest BCUT2D eigenvalue weighted by Gasteiger charge is -2.33. The molecule has 0 radical (unpaired) electrons. The number of hydrogen-bond donors (Lipinski definition) is 1. The maximum absolute atomic E-state index is 13.2. The van der Waals surface area contributed by atoms with Gasteiger partial charge in [0.2, 0.25) is 5.91 Å². The Labute approximate surface area is 197 Å². The first kappa shape index (κ1) is 25.2. The van der Waals surface area contributed by atoms with Gasteiger partial charge in [-0.1, -0.05) is 38.1 Å². The normalized spacial score (nSPS) is 16.0. The fourth-order valence-electron chi connectivity index (χ4n) is 4.15. The van der Waals surface area contributed by atoms with E-state index in [1.54, 1.807) is 12.1 Å². The van der Waals surface area contributed by atoms with Gasteiger partial charge in [0.05, 0.1) is 11.5 Å². The van der Waals surface area contributed by atoms with Crippen LogP contribution in [0.25, 0.3) is 0 Å². The van der Waals surface area contributed by atoms with Crippen LogP contribution >= 0.6 is 0 Å². The summed E-state index contributed by atoms with van der Waals surface area (Å²) in [6, 6.07) is 15.0. The summed E-state index contributed by atoms with van der Waals surface area (Å²) in [5.74, 6) is 0.473. The predicted molar refractivity (Wildman–Crippen MR) is 129 cm³/mol. The fraction of sp³-hybridized carbons (Fsp3) is 0.500. The molecule has 2 aromatic carbocycles. The second-order valence-corrected chi connectivity index (χ2v) is 11.4. The Bertz CT molecular complexity index is 1020. The third-order valence-electron chi connectivity index (χ3n) is 6.28. The zero-order chi connectivity index (χ0) is 23.9. The van der Waals surface area contributed by atoms with Gasteiger partial charge in [0.25, 0.3) is 0 Å². The topological polar surface area (TPSA) is 95.7 Å². The van der Waals surface area contributed by atoms with E-state index < -0.39 is 20.5 Å². The van der Waals surface area contributed by atoms with Crippen LogP contribution in [-0.2, 0) is 32.2 Å². The number of sulfone groups is 1. The van der Waals surface area contributed by atoms with Crippen molar-refractivity contribution in [3.05, 3.63) is 59.7 Å². The Morgan fingerprint density at radius 2 is 1.70 bits per heavy atom. The van der Waals surface area contributed by atoms with Gasteiger partial charge in [-0.25, -0.2) is 8.42 Å². The van der Waals surface area contributed by atoms with Crippen molar-refractivity contribution in [3.8, 4) is 5.75 Å². The monoisotopic (exact) mass is 473 g/mol. The van der Waals surface area contributed by atoms with Crippen LogP contribution in [0.4, 0.5) is 0 Å². The molecule has 1 fully saturated rings. The molecule has 180 valence electrons. The number of carbonyl (C=O) groups excluding carboxylic acids is 1. The van der Waals surface area contributed by atoms with Crippen LogP contribution in [0, 0.1) is 5.92 Å². The second-order valence-electron chi connectivity index (χ2n) is 9.15. The average Bonchev–Trinajstić information content (AvgIpc) is 2.81. The van der Waals surface area contributed by atoms with Crippen LogP contribution in [0.5, 0.6) is 5.75 Å². The highest BCUT2D eigenvalue weighted by molar-refractivity contribution is 7.93. The molecule has 2 N–H and O–H groups in total. The average molecular weight is 474 g/mol. The van der Waals surface area contributed by atoms with Crippen molar-refractivity contribution in [1.82, 2.24) is 0 Å². The zero-order valence-electron chi connectivity index (χ0n) is 19.6. The number of nitrogens with two attached hydrogens (primary N) is 1. The molecule has 0 unspecified atom stereocenters. The molecule has 1 heterocycles. The summed E-state index contributed by atoms with van der Waals surface area (Å²) in [5.41, 5.74) is 8.20. The van der Waals surface area contributed by atoms with Crippen molar-refractivity contribution >= 4 is 15.7 Å². The summed E-state index contributed by atoms with van der Waals surface area (Å²) in [7, 11) is -3.93. The molecular weight excluding hydrogens is 438 g/mol. The van der Waals surface area contributed by atoms with Gasteiger partial charge in [-0.15, -0.1) is 0 Å². The molecule has 1 aliphatic heterocycles. The van der Waals surface area contributed by atoms with Crippen molar-refractivity contribution in [2.45, 2.75) is 62.0 Å². The third-order valence-corrected chi connectivity index (χ3v) is 8.81. The van der Waals surface area contributed by atoms with Crippen molar-refractivity contribution in [2.75, 3.05) is 19.8 Å². The van der Waals surface area contributed by atoms with Crippen molar-refractivity contribution < 1.29 is 22.7 Å². The molecule has 7 heteroatoms. The molecule has 0 spiro atoms. The van der Waals surface area contributed by atoms with Crippen LogP contribution in [0.15, 0.2) is 53.4 Å². The second kappa shape index (κ2) is 11.2. The highest BCUT2D eigenvalue weighted by Crippen LogP contribution is 2.35. The van der Waals surface area contributed by atoms with E-state index in [9.17, 15) is 13.2 Å². The van der Waals surface area contributed by atoms with Crippen LogP contribution in [0.2, 0.25) is 0 Å². The first-order valence-electron chi connectivity index (χ1n) is 11.7. The SMILES string of the molecule is CC(C)CCc1cccc(CCCOc2ccc(S(=O)(=O)C3(C(N)=O)CCOCC3)cc2)c1. The van der Waals surface area contributed by atoms with Gasteiger partial charge in [0, 0.05) is 13.2 Å². The highest BCUT2D eigenvalue weighted by Gasteiger charge is 2.51. The minimum absolute atomic E-state index is 0.0710. The summed E-state index contributed by atoms with van der Waals surface area (Å²) in [6.07, 6.45) is 4.21. The number of amides is 1. The number of rotatable bonds is 11. The summed E-state index contributed by atoms with van der Waals surface area (Å²) in [5, 5.41) is 0. The van der Waals surface area contributed by atoms with Gasteiger partial charge in [-0.2, -0.15) is 0 Å². The molecule has 1 saturated heterocycles. The number of aryl methyl sites for hydroxylation is 2. The molecule has 0 atom stereocenters. The molecule has 0 bridgehead atoms. The summed E-state index contributed by atoms with van der Waals surface area (Å²) in [4.78, 5) is 12.2. The van der Waals surface area contributed by atoms with E-state index in [-0.39, 0.29) is 31.0 Å². The summed E-state index contributed by atoms with van der Waals surface area (Å²) >= 11 is 0. The Morgan fingerprint density at radius 3 is 2.30 bits per heavy atom. The first-order valence-corrected chi connectivity index (χ1v) is 13.2. The van der Waals surface area contributed by atoms with Crippen LogP contribution in [0.3, 0.4) is 0 Å². The van der Waals surface area contributed by atoms with Gasteiger partial charge in [-0.05, 0) is 79.8 Å². The first-order chi connectivity index (χ1) is 15.7. The van der Waals surface area contributed by atoms with E-state index in [1.165, 1.54) is 29.7 Å².